The molecule has 5 rings (SSSR count). The lowest BCUT2D eigenvalue weighted by molar-refractivity contribution is -0.135. The van der Waals surface area contributed by atoms with Gasteiger partial charge in [-0.3, -0.25) is 9.69 Å². The number of hydrogen-bond donors (Lipinski definition) is 1. The van der Waals surface area contributed by atoms with Crippen LogP contribution < -0.4 is 5.32 Å². The molecule has 2 aliphatic heterocycles. The van der Waals surface area contributed by atoms with Gasteiger partial charge in [0.05, 0.1) is 22.6 Å². The maximum Gasteiger partial charge on any atom is 0.322 e. The summed E-state index contributed by atoms with van der Waals surface area (Å²) in [5.41, 5.74) is 2.56. The Labute approximate surface area is 229 Å². The molecule has 0 radical (unpaired) electrons. The number of anilines is 1. The van der Waals surface area contributed by atoms with Crippen molar-refractivity contribution in [3.05, 3.63) is 85.8 Å². The second kappa shape index (κ2) is 11.0. The molecule has 3 amide bonds. The number of fused-ring (bicyclic) bond motifs is 1. The normalized spacial score (nSPS) is 20.0. The summed E-state index contributed by atoms with van der Waals surface area (Å²) in [4.78, 5) is 33.3. The van der Waals surface area contributed by atoms with Gasteiger partial charge in [0.2, 0.25) is 5.91 Å². The summed E-state index contributed by atoms with van der Waals surface area (Å²) in [6.45, 7) is 4.20. The molecule has 0 bridgehead atoms. The van der Waals surface area contributed by atoms with Crippen molar-refractivity contribution in [3.63, 3.8) is 0 Å². The number of nitrogens with zero attached hydrogens (tertiary/aromatic N) is 3. The standard InChI is InChI=1S/C27H27Cl2FN4O2S/c1-17-15-32(10-11-34(17)27(36)31-20-5-6-22(28)23(29)14-20)25(35)16-33-9-7-24-21(8-12-37-24)26(33)18-3-2-4-19(30)13-18/h2-6,8,12-14,17,26H,7,9-11,15-16H2,1H3,(H,31,36)/t17-,26+/m1/s1. The molecule has 1 fully saturated rings. The average Bonchev–Trinajstić information content (AvgIpc) is 3.35. The van der Waals surface area contributed by atoms with E-state index in [0.717, 1.165) is 24.1 Å². The molecule has 1 saturated heterocycles. The van der Waals surface area contributed by atoms with Gasteiger partial charge in [-0.25, -0.2) is 9.18 Å². The maximum absolute atomic E-state index is 14.1. The second-order valence-electron chi connectivity index (χ2n) is 9.42. The summed E-state index contributed by atoms with van der Waals surface area (Å²) in [6.07, 6.45) is 0.866. The van der Waals surface area contributed by atoms with Gasteiger partial charge in [0.25, 0.3) is 0 Å². The number of benzene rings is 2. The van der Waals surface area contributed by atoms with Crippen LogP contribution >= 0.6 is 34.5 Å². The van der Waals surface area contributed by atoms with Crippen LogP contribution in [-0.2, 0) is 11.2 Å². The summed E-state index contributed by atoms with van der Waals surface area (Å²) in [6, 6.07) is 13.1. The molecular weight excluding hydrogens is 534 g/mol. The van der Waals surface area contributed by atoms with E-state index in [1.807, 2.05) is 17.9 Å². The van der Waals surface area contributed by atoms with Crippen molar-refractivity contribution in [1.29, 1.82) is 0 Å². The van der Waals surface area contributed by atoms with Crippen LogP contribution in [0.4, 0.5) is 14.9 Å². The number of carbonyl (C=O) groups excluding carboxylic acids is 2. The van der Waals surface area contributed by atoms with Crippen LogP contribution in [0.3, 0.4) is 0 Å². The topological polar surface area (TPSA) is 55.9 Å². The highest BCUT2D eigenvalue weighted by atomic mass is 35.5. The summed E-state index contributed by atoms with van der Waals surface area (Å²) in [5.74, 6) is -0.272. The molecule has 2 aromatic carbocycles. The molecule has 194 valence electrons. The van der Waals surface area contributed by atoms with Gasteiger partial charge >= 0.3 is 6.03 Å². The van der Waals surface area contributed by atoms with Crippen LogP contribution in [0.1, 0.15) is 29.0 Å². The minimum Gasteiger partial charge on any atom is -0.338 e. The summed E-state index contributed by atoms with van der Waals surface area (Å²) >= 11 is 13.7. The Morgan fingerprint density at radius 2 is 1.92 bits per heavy atom. The fourth-order valence-electron chi connectivity index (χ4n) is 5.13. The van der Waals surface area contributed by atoms with Gasteiger partial charge in [0, 0.05) is 42.8 Å². The SMILES string of the molecule is C[C@@H]1CN(C(=O)CN2CCc3sccc3[C@@H]2c2cccc(F)c2)CCN1C(=O)Nc1ccc(Cl)c(Cl)c1. The van der Waals surface area contributed by atoms with Crippen molar-refractivity contribution in [1.82, 2.24) is 14.7 Å². The molecule has 6 nitrogen and oxygen atoms in total. The molecule has 0 saturated carbocycles. The molecule has 10 heteroatoms. The van der Waals surface area contributed by atoms with Crippen molar-refractivity contribution in [2.75, 3.05) is 38.0 Å². The van der Waals surface area contributed by atoms with Gasteiger partial charge in [0.15, 0.2) is 0 Å². The van der Waals surface area contributed by atoms with Crippen LogP contribution in [0.25, 0.3) is 0 Å². The Morgan fingerprint density at radius 1 is 1.08 bits per heavy atom. The first-order valence-electron chi connectivity index (χ1n) is 12.2. The lowest BCUT2D eigenvalue weighted by Crippen LogP contribution is -2.58. The van der Waals surface area contributed by atoms with Crippen LogP contribution in [-0.4, -0.2) is 65.4 Å². The Hall–Kier alpha value is -2.65. The number of nitrogens with one attached hydrogen (secondary N) is 1. The largest absolute Gasteiger partial charge is 0.338 e. The van der Waals surface area contributed by atoms with Crippen molar-refractivity contribution in [3.8, 4) is 0 Å². The Balaban J connectivity index is 1.24. The van der Waals surface area contributed by atoms with Gasteiger partial charge < -0.3 is 15.1 Å². The van der Waals surface area contributed by atoms with Crippen LogP contribution in [0.15, 0.2) is 53.9 Å². The molecule has 3 aromatic rings. The zero-order chi connectivity index (χ0) is 26.1. The lowest BCUT2D eigenvalue weighted by atomic mass is 9.93. The van der Waals surface area contributed by atoms with Crippen molar-refractivity contribution in [2.24, 2.45) is 0 Å². The summed E-state index contributed by atoms with van der Waals surface area (Å²) in [7, 11) is 0. The highest BCUT2D eigenvalue weighted by molar-refractivity contribution is 7.10. The van der Waals surface area contributed by atoms with E-state index in [1.54, 1.807) is 46.6 Å². The number of carbonyl (C=O) groups is 2. The number of hydrogen-bond acceptors (Lipinski definition) is 4. The van der Waals surface area contributed by atoms with Gasteiger partial charge in [0.1, 0.15) is 5.82 Å². The van der Waals surface area contributed by atoms with E-state index in [0.29, 0.717) is 35.4 Å². The van der Waals surface area contributed by atoms with Crippen LogP contribution in [0.5, 0.6) is 0 Å². The third-order valence-electron chi connectivity index (χ3n) is 6.98. The Kier molecular flexibility index (Phi) is 7.72. The highest BCUT2D eigenvalue weighted by Crippen LogP contribution is 2.38. The second-order valence-corrected chi connectivity index (χ2v) is 11.2. The number of thiophene rings is 1. The van der Waals surface area contributed by atoms with E-state index >= 15 is 0 Å². The molecule has 37 heavy (non-hydrogen) atoms. The average molecular weight is 562 g/mol. The molecule has 1 N–H and O–H groups in total. The zero-order valence-electron chi connectivity index (χ0n) is 20.3. The fraction of sp³-hybridized carbons (Fsp3) is 0.333. The Morgan fingerprint density at radius 3 is 2.68 bits per heavy atom. The van der Waals surface area contributed by atoms with E-state index in [9.17, 15) is 14.0 Å². The molecule has 2 atom stereocenters. The Bertz CT molecular complexity index is 1320. The smallest absolute Gasteiger partial charge is 0.322 e. The zero-order valence-corrected chi connectivity index (χ0v) is 22.6. The molecule has 2 aliphatic rings. The first-order chi connectivity index (χ1) is 17.8. The van der Waals surface area contributed by atoms with E-state index < -0.39 is 0 Å². The maximum atomic E-state index is 14.1. The minimum absolute atomic E-state index is 0.0106. The summed E-state index contributed by atoms with van der Waals surface area (Å²) < 4.78 is 14.1. The van der Waals surface area contributed by atoms with E-state index in [1.165, 1.54) is 10.9 Å². The molecule has 0 spiro atoms. The van der Waals surface area contributed by atoms with Gasteiger partial charge in [-0.15, -0.1) is 11.3 Å². The van der Waals surface area contributed by atoms with Crippen molar-refractivity contribution < 1.29 is 14.0 Å². The molecule has 0 unspecified atom stereocenters. The first kappa shape index (κ1) is 26.0. The van der Waals surface area contributed by atoms with E-state index in [2.05, 4.69) is 21.7 Å². The van der Waals surface area contributed by atoms with Crippen molar-refractivity contribution >= 4 is 52.2 Å². The lowest BCUT2D eigenvalue weighted by Gasteiger charge is -2.41. The van der Waals surface area contributed by atoms with Gasteiger partial charge in [-0.2, -0.15) is 0 Å². The first-order valence-corrected chi connectivity index (χ1v) is 13.8. The number of urea groups is 1. The molecule has 0 aliphatic carbocycles. The van der Waals surface area contributed by atoms with E-state index in [4.69, 9.17) is 23.2 Å². The highest BCUT2D eigenvalue weighted by Gasteiger charge is 2.34. The van der Waals surface area contributed by atoms with Gasteiger partial charge in [-0.05, 0) is 66.2 Å². The van der Waals surface area contributed by atoms with Gasteiger partial charge in [-0.1, -0.05) is 35.3 Å². The number of amides is 3. The molecular formula is C27H27Cl2FN4O2S. The quantitative estimate of drug-likeness (QED) is 0.431. The minimum atomic E-state index is -0.282. The fourth-order valence-corrected chi connectivity index (χ4v) is 6.34. The molecule has 1 aromatic heterocycles. The number of rotatable bonds is 4. The van der Waals surface area contributed by atoms with Crippen LogP contribution in [0, 0.1) is 5.82 Å². The molecule has 3 heterocycles. The van der Waals surface area contributed by atoms with E-state index in [-0.39, 0.29) is 36.4 Å². The number of piperazine rings is 1. The van der Waals surface area contributed by atoms with Crippen molar-refractivity contribution in [2.45, 2.75) is 25.4 Å². The third-order valence-corrected chi connectivity index (χ3v) is 8.72. The number of halogens is 3. The predicted octanol–water partition coefficient (Wildman–Crippen LogP) is 5.91. The third kappa shape index (κ3) is 5.62. The monoisotopic (exact) mass is 560 g/mol. The summed E-state index contributed by atoms with van der Waals surface area (Å²) in [5, 5.41) is 5.71. The predicted molar refractivity (Wildman–Crippen MR) is 146 cm³/mol. The van der Waals surface area contributed by atoms with Crippen LogP contribution in [0.2, 0.25) is 10.0 Å².